The number of hydrogen-bond acceptors (Lipinski definition) is 6. The quantitative estimate of drug-likeness (QED) is 0.746. The number of nitrogens with zero attached hydrogens (tertiary/aromatic N) is 3. The van der Waals surface area contributed by atoms with Crippen LogP contribution in [0.5, 0.6) is 0 Å². The highest BCUT2D eigenvalue weighted by molar-refractivity contribution is 7.99. The Labute approximate surface area is 141 Å². The zero-order valence-electron chi connectivity index (χ0n) is 12.6. The third kappa shape index (κ3) is 3.77. The smallest absolute Gasteiger partial charge is 0.222 e. The van der Waals surface area contributed by atoms with Crippen molar-refractivity contribution in [1.82, 2.24) is 15.0 Å². The summed E-state index contributed by atoms with van der Waals surface area (Å²) in [5.74, 6) is -0.779. The van der Waals surface area contributed by atoms with E-state index in [0.29, 0.717) is 11.5 Å². The summed E-state index contributed by atoms with van der Waals surface area (Å²) in [6, 6.07) is 7.27. The Balaban J connectivity index is 1.87. The van der Waals surface area contributed by atoms with Gasteiger partial charge in [-0.15, -0.1) is 0 Å². The minimum Gasteiger partial charge on any atom is -0.368 e. The Bertz CT molecular complexity index is 854. The van der Waals surface area contributed by atoms with Gasteiger partial charge in [-0.25, -0.2) is 13.8 Å². The molecule has 0 amide bonds. The number of nitrogen functional groups attached to an aromatic ring is 1. The number of anilines is 3. The first-order chi connectivity index (χ1) is 11.5. The third-order valence-electron chi connectivity index (χ3n) is 3.03. The molecule has 3 rings (SSSR count). The average molecular weight is 345 g/mol. The van der Waals surface area contributed by atoms with Gasteiger partial charge in [0.2, 0.25) is 5.95 Å². The Morgan fingerprint density at radius 3 is 2.50 bits per heavy atom. The monoisotopic (exact) mass is 345 g/mol. The molecule has 2 aromatic heterocycles. The van der Waals surface area contributed by atoms with Crippen LogP contribution in [0, 0.1) is 18.6 Å². The van der Waals surface area contributed by atoms with Crippen molar-refractivity contribution in [3.8, 4) is 0 Å². The summed E-state index contributed by atoms with van der Waals surface area (Å²) in [7, 11) is 0. The van der Waals surface area contributed by atoms with Gasteiger partial charge in [0.15, 0.2) is 0 Å². The van der Waals surface area contributed by atoms with Gasteiger partial charge >= 0.3 is 0 Å². The molecule has 24 heavy (non-hydrogen) atoms. The van der Waals surface area contributed by atoms with Crippen LogP contribution in [0.4, 0.5) is 26.2 Å². The Morgan fingerprint density at radius 2 is 1.79 bits per heavy atom. The normalized spacial score (nSPS) is 10.6. The van der Waals surface area contributed by atoms with Crippen molar-refractivity contribution in [1.29, 1.82) is 0 Å². The lowest BCUT2D eigenvalue weighted by atomic mass is 10.3. The van der Waals surface area contributed by atoms with Crippen LogP contribution in [0.1, 0.15) is 5.69 Å². The van der Waals surface area contributed by atoms with Crippen molar-refractivity contribution in [3.63, 3.8) is 0 Å². The molecular weight excluding hydrogens is 332 g/mol. The summed E-state index contributed by atoms with van der Waals surface area (Å²) >= 11 is 1.12. The molecule has 0 atom stereocenters. The van der Waals surface area contributed by atoms with E-state index in [9.17, 15) is 8.78 Å². The molecule has 0 fully saturated rings. The Kier molecular flexibility index (Phi) is 4.57. The van der Waals surface area contributed by atoms with E-state index in [0.717, 1.165) is 28.8 Å². The Hall–Kier alpha value is -2.74. The molecule has 3 N–H and O–H groups in total. The van der Waals surface area contributed by atoms with Gasteiger partial charge in [0.05, 0.1) is 10.6 Å². The fourth-order valence-electron chi connectivity index (χ4n) is 2.03. The van der Waals surface area contributed by atoms with Crippen LogP contribution in [0.25, 0.3) is 0 Å². The van der Waals surface area contributed by atoms with E-state index < -0.39 is 11.6 Å². The average Bonchev–Trinajstić information content (AvgIpc) is 2.52. The topological polar surface area (TPSA) is 76.7 Å². The lowest BCUT2D eigenvalue weighted by Crippen LogP contribution is -2.03. The van der Waals surface area contributed by atoms with Crippen LogP contribution in [-0.4, -0.2) is 15.0 Å². The fraction of sp³-hybridized carbons (Fsp3) is 0.0625. The second-order valence-corrected chi connectivity index (χ2v) is 6.04. The van der Waals surface area contributed by atoms with E-state index in [4.69, 9.17) is 5.73 Å². The zero-order chi connectivity index (χ0) is 17.1. The highest BCUT2D eigenvalue weighted by Gasteiger charge is 2.12. The molecule has 122 valence electrons. The number of nitrogens with one attached hydrogen (secondary N) is 1. The van der Waals surface area contributed by atoms with Crippen LogP contribution < -0.4 is 11.1 Å². The second kappa shape index (κ2) is 6.79. The molecule has 5 nitrogen and oxygen atoms in total. The molecule has 1 aromatic carbocycles. The number of pyridine rings is 1. The largest absolute Gasteiger partial charge is 0.368 e. The van der Waals surface area contributed by atoms with Gasteiger partial charge in [-0.1, -0.05) is 11.8 Å². The molecule has 0 saturated heterocycles. The molecule has 0 aliphatic rings. The second-order valence-electron chi connectivity index (χ2n) is 4.93. The van der Waals surface area contributed by atoms with Gasteiger partial charge in [0, 0.05) is 35.1 Å². The maximum atomic E-state index is 14.3. The zero-order valence-corrected chi connectivity index (χ0v) is 13.4. The van der Waals surface area contributed by atoms with Gasteiger partial charge in [0.25, 0.3) is 0 Å². The third-order valence-corrected chi connectivity index (χ3v) is 4.07. The fourth-order valence-corrected chi connectivity index (χ4v) is 2.86. The number of halogens is 2. The van der Waals surface area contributed by atoms with E-state index in [1.54, 1.807) is 37.5 Å². The standard InChI is InChI=1S/C16H13F2N5S/c1-9-6-15(23-16(19)21-9)22-13-7-12(18)14(8-11(13)17)24-10-2-4-20-5-3-10/h2-8H,1H3,(H3,19,21,22,23). The lowest BCUT2D eigenvalue weighted by Gasteiger charge is -2.10. The summed E-state index contributed by atoms with van der Waals surface area (Å²) in [5.41, 5.74) is 6.15. The molecule has 2 heterocycles. The molecule has 0 bridgehead atoms. The van der Waals surface area contributed by atoms with Gasteiger partial charge in [-0.3, -0.25) is 4.98 Å². The summed E-state index contributed by atoms with van der Waals surface area (Å²) in [6.45, 7) is 1.73. The minimum absolute atomic E-state index is 0.0240. The van der Waals surface area contributed by atoms with Gasteiger partial charge in [0.1, 0.15) is 17.5 Å². The first kappa shape index (κ1) is 16.1. The number of benzene rings is 1. The molecule has 0 unspecified atom stereocenters. The highest BCUT2D eigenvalue weighted by atomic mass is 32.2. The SMILES string of the molecule is Cc1cc(Nc2cc(F)c(Sc3ccncc3)cc2F)nc(N)n1. The van der Waals surface area contributed by atoms with Crippen molar-refractivity contribution < 1.29 is 8.78 Å². The molecule has 0 radical (unpaired) electrons. The molecule has 0 aliphatic heterocycles. The molecule has 3 aromatic rings. The maximum Gasteiger partial charge on any atom is 0.222 e. The molecule has 8 heteroatoms. The van der Waals surface area contributed by atoms with E-state index in [1.165, 1.54) is 0 Å². The van der Waals surface area contributed by atoms with Crippen LogP contribution in [0.2, 0.25) is 0 Å². The van der Waals surface area contributed by atoms with Gasteiger partial charge in [-0.2, -0.15) is 4.98 Å². The minimum atomic E-state index is -0.595. The first-order valence-corrected chi connectivity index (χ1v) is 7.78. The molecular formula is C16H13F2N5S. The maximum absolute atomic E-state index is 14.3. The van der Waals surface area contributed by atoms with Crippen LogP contribution >= 0.6 is 11.8 Å². The van der Waals surface area contributed by atoms with Gasteiger partial charge < -0.3 is 11.1 Å². The van der Waals surface area contributed by atoms with Crippen LogP contribution in [0.3, 0.4) is 0 Å². The van der Waals surface area contributed by atoms with Crippen LogP contribution in [-0.2, 0) is 0 Å². The van der Waals surface area contributed by atoms with Crippen molar-refractivity contribution in [2.75, 3.05) is 11.1 Å². The highest BCUT2D eigenvalue weighted by Crippen LogP contribution is 2.33. The number of nitrogens with two attached hydrogens (primary N) is 1. The molecule has 0 saturated carbocycles. The van der Waals surface area contributed by atoms with Crippen molar-refractivity contribution in [2.45, 2.75) is 16.7 Å². The molecule has 0 spiro atoms. The summed E-state index contributed by atoms with van der Waals surface area (Å²) < 4.78 is 28.6. The van der Waals surface area contributed by atoms with E-state index in [2.05, 4.69) is 20.3 Å². The summed E-state index contributed by atoms with van der Waals surface area (Å²) in [4.78, 5) is 12.7. The first-order valence-electron chi connectivity index (χ1n) is 6.96. The lowest BCUT2D eigenvalue weighted by molar-refractivity contribution is 0.580. The van der Waals surface area contributed by atoms with Crippen LogP contribution in [0.15, 0.2) is 52.5 Å². The van der Waals surface area contributed by atoms with Crippen molar-refractivity contribution >= 4 is 29.2 Å². The Morgan fingerprint density at radius 1 is 1.04 bits per heavy atom. The molecule has 0 aliphatic carbocycles. The predicted octanol–water partition coefficient (Wildman–Crippen LogP) is 3.94. The van der Waals surface area contributed by atoms with Crippen molar-refractivity contribution in [2.24, 2.45) is 0 Å². The van der Waals surface area contributed by atoms with E-state index >= 15 is 0 Å². The number of aryl methyl sites for hydroxylation is 1. The van der Waals surface area contributed by atoms with Crippen molar-refractivity contribution in [3.05, 3.63) is 60.1 Å². The number of aromatic nitrogens is 3. The summed E-state index contributed by atoms with van der Waals surface area (Å²) in [6.07, 6.45) is 3.18. The van der Waals surface area contributed by atoms with E-state index in [-0.39, 0.29) is 16.5 Å². The number of hydrogen-bond donors (Lipinski definition) is 2. The number of rotatable bonds is 4. The van der Waals surface area contributed by atoms with Gasteiger partial charge in [-0.05, 0) is 25.1 Å². The summed E-state index contributed by atoms with van der Waals surface area (Å²) in [5, 5.41) is 2.72. The van der Waals surface area contributed by atoms with E-state index in [1.807, 2.05) is 0 Å². The predicted molar refractivity (Wildman–Crippen MR) is 89.2 cm³/mol.